The van der Waals surface area contributed by atoms with Crippen molar-refractivity contribution in [2.45, 2.75) is 11.8 Å². The summed E-state index contributed by atoms with van der Waals surface area (Å²) in [5.74, 6) is -0.140. The number of sulfone groups is 1. The third kappa shape index (κ3) is 4.92. The molecule has 0 saturated heterocycles. The Hall–Kier alpha value is -2.67. The lowest BCUT2D eigenvalue weighted by atomic mass is 10.1. The first kappa shape index (κ1) is 17.7. The Morgan fingerprint density at radius 1 is 1.08 bits per heavy atom. The molecule has 2 aromatic rings. The van der Waals surface area contributed by atoms with E-state index in [-0.39, 0.29) is 23.2 Å². The number of hydrogen-bond donors (Lipinski definition) is 1. The van der Waals surface area contributed by atoms with Gasteiger partial charge in [0.15, 0.2) is 22.2 Å². The molecular formula is C17H17NO5S. The van der Waals surface area contributed by atoms with E-state index in [0.717, 1.165) is 6.26 Å². The van der Waals surface area contributed by atoms with E-state index in [1.54, 1.807) is 36.4 Å². The maximum Gasteiger partial charge on any atom is 0.221 e. The zero-order valence-electron chi connectivity index (χ0n) is 13.3. The summed E-state index contributed by atoms with van der Waals surface area (Å²) in [7, 11) is -3.33. The summed E-state index contributed by atoms with van der Waals surface area (Å²) in [6, 6.07) is 12.4. The molecule has 0 atom stereocenters. The zero-order valence-corrected chi connectivity index (χ0v) is 14.1. The number of carbonyl (C=O) groups is 2. The van der Waals surface area contributed by atoms with Crippen LogP contribution in [-0.4, -0.2) is 33.0 Å². The fourth-order valence-electron chi connectivity index (χ4n) is 1.97. The van der Waals surface area contributed by atoms with Crippen molar-refractivity contribution in [2.75, 3.05) is 18.2 Å². The minimum atomic E-state index is -3.33. The van der Waals surface area contributed by atoms with Crippen LogP contribution in [0.3, 0.4) is 0 Å². The second kappa shape index (κ2) is 7.27. The fourth-order valence-corrected chi connectivity index (χ4v) is 2.63. The van der Waals surface area contributed by atoms with Crippen molar-refractivity contribution in [1.82, 2.24) is 0 Å². The SMILES string of the molecule is CC(=O)Nc1ccc(C(=O)COc2cccc(S(C)(=O)=O)c2)cc1. The van der Waals surface area contributed by atoms with Gasteiger partial charge in [-0.05, 0) is 42.5 Å². The first-order chi connectivity index (χ1) is 11.3. The van der Waals surface area contributed by atoms with E-state index in [1.807, 2.05) is 0 Å². The van der Waals surface area contributed by atoms with Crippen molar-refractivity contribution in [1.29, 1.82) is 0 Å². The number of hydrogen-bond acceptors (Lipinski definition) is 5. The van der Waals surface area contributed by atoms with Gasteiger partial charge in [0, 0.05) is 24.4 Å². The van der Waals surface area contributed by atoms with Crippen LogP contribution in [0.1, 0.15) is 17.3 Å². The van der Waals surface area contributed by atoms with Crippen molar-refractivity contribution >= 4 is 27.2 Å². The van der Waals surface area contributed by atoms with Gasteiger partial charge in [-0.25, -0.2) is 8.42 Å². The molecule has 1 amide bonds. The highest BCUT2D eigenvalue weighted by atomic mass is 32.2. The quantitative estimate of drug-likeness (QED) is 0.810. The number of amides is 1. The summed E-state index contributed by atoms with van der Waals surface area (Å²) in [5.41, 5.74) is 1.03. The molecule has 0 unspecified atom stereocenters. The summed E-state index contributed by atoms with van der Waals surface area (Å²) in [6.45, 7) is 1.18. The molecule has 0 heterocycles. The Labute approximate surface area is 140 Å². The third-order valence-corrected chi connectivity index (χ3v) is 4.24. The van der Waals surface area contributed by atoms with Crippen LogP contribution in [0.15, 0.2) is 53.4 Å². The van der Waals surface area contributed by atoms with E-state index < -0.39 is 9.84 Å². The molecule has 0 aliphatic heterocycles. The third-order valence-electron chi connectivity index (χ3n) is 3.13. The van der Waals surface area contributed by atoms with Crippen LogP contribution in [0.5, 0.6) is 5.75 Å². The molecular weight excluding hydrogens is 330 g/mol. The largest absolute Gasteiger partial charge is 0.485 e. The van der Waals surface area contributed by atoms with E-state index >= 15 is 0 Å². The van der Waals surface area contributed by atoms with Crippen LogP contribution in [0.4, 0.5) is 5.69 Å². The maximum atomic E-state index is 12.1. The number of benzene rings is 2. The minimum Gasteiger partial charge on any atom is -0.485 e. The van der Waals surface area contributed by atoms with Crippen LogP contribution in [0.25, 0.3) is 0 Å². The van der Waals surface area contributed by atoms with E-state index in [2.05, 4.69) is 5.32 Å². The Balaban J connectivity index is 2.02. The molecule has 7 heteroatoms. The van der Waals surface area contributed by atoms with Gasteiger partial charge in [0.2, 0.25) is 5.91 Å². The molecule has 6 nitrogen and oxygen atoms in total. The summed E-state index contributed by atoms with van der Waals surface area (Å²) in [4.78, 5) is 23.2. The number of anilines is 1. The molecule has 0 bridgehead atoms. The molecule has 0 aliphatic rings. The summed E-state index contributed by atoms with van der Waals surface area (Å²) in [5, 5.41) is 2.61. The molecule has 126 valence electrons. The van der Waals surface area contributed by atoms with Crippen molar-refractivity contribution < 1.29 is 22.7 Å². The lowest BCUT2D eigenvalue weighted by Gasteiger charge is -2.08. The highest BCUT2D eigenvalue weighted by Gasteiger charge is 2.10. The predicted octanol–water partition coefficient (Wildman–Crippen LogP) is 2.31. The molecule has 0 aromatic heterocycles. The average molecular weight is 347 g/mol. The Kier molecular flexibility index (Phi) is 5.35. The number of carbonyl (C=O) groups excluding carboxylic acids is 2. The predicted molar refractivity (Wildman–Crippen MR) is 90.1 cm³/mol. The highest BCUT2D eigenvalue weighted by molar-refractivity contribution is 7.90. The lowest BCUT2D eigenvalue weighted by Crippen LogP contribution is -2.12. The van der Waals surface area contributed by atoms with Crippen LogP contribution in [0.2, 0.25) is 0 Å². The molecule has 0 spiro atoms. The Bertz CT molecular complexity index is 857. The zero-order chi connectivity index (χ0) is 17.7. The second-order valence-electron chi connectivity index (χ2n) is 5.22. The number of ether oxygens (including phenoxy) is 1. The molecule has 0 saturated carbocycles. The van der Waals surface area contributed by atoms with Crippen molar-refractivity contribution in [2.24, 2.45) is 0 Å². The van der Waals surface area contributed by atoms with Crippen LogP contribution in [0, 0.1) is 0 Å². The second-order valence-corrected chi connectivity index (χ2v) is 7.23. The number of Topliss-reactive ketones (excluding diaryl/α,β-unsaturated/α-hetero) is 1. The van der Waals surface area contributed by atoms with Gasteiger partial charge in [-0.1, -0.05) is 6.07 Å². The van der Waals surface area contributed by atoms with Gasteiger partial charge in [-0.3, -0.25) is 9.59 Å². The Morgan fingerprint density at radius 3 is 2.33 bits per heavy atom. The first-order valence-electron chi connectivity index (χ1n) is 7.09. The van der Waals surface area contributed by atoms with E-state index in [4.69, 9.17) is 4.74 Å². The molecule has 0 fully saturated rings. The van der Waals surface area contributed by atoms with Gasteiger partial charge in [0.25, 0.3) is 0 Å². The van der Waals surface area contributed by atoms with E-state index in [9.17, 15) is 18.0 Å². The van der Waals surface area contributed by atoms with Gasteiger partial charge < -0.3 is 10.1 Å². The molecule has 0 aliphatic carbocycles. The maximum absolute atomic E-state index is 12.1. The highest BCUT2D eigenvalue weighted by Crippen LogP contribution is 2.18. The number of rotatable bonds is 6. The first-order valence-corrected chi connectivity index (χ1v) is 8.98. The summed E-state index contributed by atoms with van der Waals surface area (Å²) < 4.78 is 28.4. The van der Waals surface area contributed by atoms with Crippen molar-refractivity contribution in [3.05, 3.63) is 54.1 Å². The van der Waals surface area contributed by atoms with Gasteiger partial charge in [-0.15, -0.1) is 0 Å². The summed E-state index contributed by atoms with van der Waals surface area (Å²) in [6.07, 6.45) is 1.11. The van der Waals surface area contributed by atoms with Gasteiger partial charge in [0.1, 0.15) is 5.75 Å². The normalized spacial score (nSPS) is 10.9. The topological polar surface area (TPSA) is 89.5 Å². The standard InChI is InChI=1S/C17H17NO5S/c1-12(19)18-14-8-6-13(7-9-14)17(20)11-23-15-4-3-5-16(10-15)24(2,21)22/h3-10H,11H2,1-2H3,(H,18,19). The Morgan fingerprint density at radius 2 is 1.75 bits per heavy atom. The minimum absolute atomic E-state index is 0.132. The molecule has 24 heavy (non-hydrogen) atoms. The fraction of sp³-hybridized carbons (Fsp3) is 0.176. The number of nitrogens with one attached hydrogen (secondary N) is 1. The van der Waals surface area contributed by atoms with Gasteiger partial charge in [-0.2, -0.15) is 0 Å². The van der Waals surface area contributed by atoms with Gasteiger partial charge in [0.05, 0.1) is 4.90 Å². The monoisotopic (exact) mass is 347 g/mol. The smallest absolute Gasteiger partial charge is 0.221 e. The molecule has 0 radical (unpaired) electrons. The summed E-state index contributed by atoms with van der Waals surface area (Å²) >= 11 is 0. The average Bonchev–Trinajstić information content (AvgIpc) is 2.52. The van der Waals surface area contributed by atoms with Crippen LogP contribution >= 0.6 is 0 Å². The van der Waals surface area contributed by atoms with Crippen LogP contribution in [-0.2, 0) is 14.6 Å². The van der Waals surface area contributed by atoms with Crippen molar-refractivity contribution in [3.8, 4) is 5.75 Å². The number of ketones is 1. The molecule has 2 rings (SSSR count). The van der Waals surface area contributed by atoms with E-state index in [0.29, 0.717) is 17.0 Å². The lowest BCUT2D eigenvalue weighted by molar-refractivity contribution is -0.114. The molecule has 2 aromatic carbocycles. The van der Waals surface area contributed by atoms with Gasteiger partial charge >= 0.3 is 0 Å². The molecule has 1 N–H and O–H groups in total. The van der Waals surface area contributed by atoms with Crippen molar-refractivity contribution in [3.63, 3.8) is 0 Å². The van der Waals surface area contributed by atoms with E-state index in [1.165, 1.54) is 19.1 Å². The van der Waals surface area contributed by atoms with Crippen LogP contribution < -0.4 is 10.1 Å².